The molecule has 1 aliphatic carbocycles. The maximum Gasteiger partial charge on any atom is 0.251 e. The summed E-state index contributed by atoms with van der Waals surface area (Å²) in [6, 6.07) is 15.6. The van der Waals surface area contributed by atoms with Crippen LogP contribution in [0.4, 0.5) is 5.69 Å². The van der Waals surface area contributed by atoms with Gasteiger partial charge < -0.3 is 10.6 Å². The second-order valence-corrected chi connectivity index (χ2v) is 9.25. The van der Waals surface area contributed by atoms with Crippen LogP contribution in [-0.4, -0.2) is 33.3 Å². The molecule has 3 N–H and O–H groups in total. The zero-order chi connectivity index (χ0) is 21.4. The van der Waals surface area contributed by atoms with Gasteiger partial charge in [-0.2, -0.15) is 0 Å². The monoisotopic (exact) mass is 429 g/mol. The molecule has 2 aromatic rings. The van der Waals surface area contributed by atoms with Gasteiger partial charge in [0.15, 0.2) is 0 Å². The highest BCUT2D eigenvalue weighted by atomic mass is 32.2. The van der Waals surface area contributed by atoms with Gasteiger partial charge in [-0.1, -0.05) is 43.2 Å². The fourth-order valence-electron chi connectivity index (χ4n) is 3.47. The largest absolute Gasteiger partial charge is 0.351 e. The number of carbonyl (C=O) groups is 2. The molecule has 2 amide bonds. The van der Waals surface area contributed by atoms with Gasteiger partial charge in [-0.3, -0.25) is 9.59 Å². The summed E-state index contributed by atoms with van der Waals surface area (Å²) in [5, 5.41) is 5.58. The van der Waals surface area contributed by atoms with Crippen molar-refractivity contribution >= 4 is 27.5 Å². The topological polar surface area (TPSA) is 104 Å². The lowest BCUT2D eigenvalue weighted by atomic mass is 10.1. The zero-order valence-electron chi connectivity index (χ0n) is 16.8. The molecule has 0 atom stereocenters. The molecule has 1 aliphatic rings. The van der Waals surface area contributed by atoms with Gasteiger partial charge in [0.1, 0.15) is 0 Å². The minimum absolute atomic E-state index is 0.0347. The maximum absolute atomic E-state index is 12.2. The Labute approximate surface area is 177 Å². The molecule has 0 heterocycles. The van der Waals surface area contributed by atoms with Gasteiger partial charge in [0.05, 0.1) is 5.75 Å². The van der Waals surface area contributed by atoms with Crippen LogP contribution in [0.15, 0.2) is 54.6 Å². The van der Waals surface area contributed by atoms with Gasteiger partial charge in [-0.15, -0.1) is 0 Å². The van der Waals surface area contributed by atoms with E-state index in [0.717, 1.165) is 25.7 Å². The van der Waals surface area contributed by atoms with E-state index < -0.39 is 10.0 Å². The molecule has 0 spiro atoms. The molecule has 0 saturated heterocycles. The first kappa shape index (κ1) is 22.0. The number of anilines is 1. The second kappa shape index (κ2) is 10.4. The Kier molecular flexibility index (Phi) is 7.59. The molecule has 0 aromatic heterocycles. The van der Waals surface area contributed by atoms with Crippen molar-refractivity contribution in [2.75, 3.05) is 18.4 Å². The van der Waals surface area contributed by atoms with Crippen molar-refractivity contribution in [3.05, 3.63) is 65.7 Å². The Hall–Kier alpha value is -2.71. The van der Waals surface area contributed by atoms with Gasteiger partial charge in [0.25, 0.3) is 5.91 Å². The SMILES string of the molecule is O=C(NCCNS(=O)(=O)Cc1ccccc1)c1ccc(NC(=O)C2CCCC2)cc1. The van der Waals surface area contributed by atoms with Crippen molar-refractivity contribution in [2.45, 2.75) is 31.4 Å². The predicted octanol–water partition coefficient (Wildman–Crippen LogP) is 2.66. The Morgan fingerprint density at radius 2 is 1.57 bits per heavy atom. The number of hydrogen-bond donors (Lipinski definition) is 3. The van der Waals surface area contributed by atoms with E-state index in [-0.39, 0.29) is 36.6 Å². The molecule has 0 aliphatic heterocycles. The van der Waals surface area contributed by atoms with Crippen LogP contribution in [-0.2, 0) is 20.6 Å². The van der Waals surface area contributed by atoms with Crippen molar-refractivity contribution in [1.82, 2.24) is 10.0 Å². The van der Waals surface area contributed by atoms with Gasteiger partial charge in [0, 0.05) is 30.3 Å². The van der Waals surface area contributed by atoms with E-state index >= 15 is 0 Å². The summed E-state index contributed by atoms with van der Waals surface area (Å²) in [6.07, 6.45) is 4.06. The average Bonchev–Trinajstić information content (AvgIpc) is 3.27. The molecule has 160 valence electrons. The first-order chi connectivity index (χ1) is 14.4. The van der Waals surface area contributed by atoms with Crippen LogP contribution in [0.2, 0.25) is 0 Å². The van der Waals surface area contributed by atoms with E-state index in [1.807, 2.05) is 6.07 Å². The summed E-state index contributed by atoms with van der Waals surface area (Å²) >= 11 is 0. The minimum Gasteiger partial charge on any atom is -0.351 e. The van der Waals surface area contributed by atoms with Crippen LogP contribution in [0.25, 0.3) is 0 Å². The van der Waals surface area contributed by atoms with Crippen LogP contribution >= 0.6 is 0 Å². The highest BCUT2D eigenvalue weighted by Crippen LogP contribution is 2.26. The smallest absolute Gasteiger partial charge is 0.251 e. The number of rotatable bonds is 9. The van der Waals surface area contributed by atoms with Crippen LogP contribution < -0.4 is 15.4 Å². The molecule has 2 aromatic carbocycles. The van der Waals surface area contributed by atoms with Crippen molar-refractivity contribution in [2.24, 2.45) is 5.92 Å². The van der Waals surface area contributed by atoms with Crippen LogP contribution in [0.5, 0.6) is 0 Å². The number of carbonyl (C=O) groups excluding carboxylic acids is 2. The molecule has 8 heteroatoms. The lowest BCUT2D eigenvalue weighted by Crippen LogP contribution is -2.35. The Morgan fingerprint density at radius 3 is 2.23 bits per heavy atom. The van der Waals surface area contributed by atoms with Crippen molar-refractivity contribution in [3.63, 3.8) is 0 Å². The number of benzene rings is 2. The Morgan fingerprint density at radius 1 is 0.900 bits per heavy atom. The molecule has 7 nitrogen and oxygen atoms in total. The molecule has 0 unspecified atom stereocenters. The fraction of sp³-hybridized carbons (Fsp3) is 0.364. The Bertz CT molecular complexity index is 954. The summed E-state index contributed by atoms with van der Waals surface area (Å²) in [5.74, 6) is -0.285. The van der Waals surface area contributed by atoms with Gasteiger partial charge in [-0.25, -0.2) is 13.1 Å². The molecule has 1 saturated carbocycles. The van der Waals surface area contributed by atoms with E-state index in [0.29, 0.717) is 16.8 Å². The average molecular weight is 430 g/mol. The molecule has 0 bridgehead atoms. The van der Waals surface area contributed by atoms with E-state index in [4.69, 9.17) is 0 Å². The predicted molar refractivity (Wildman–Crippen MR) is 116 cm³/mol. The second-order valence-electron chi connectivity index (χ2n) is 7.44. The fourth-order valence-corrected chi connectivity index (χ4v) is 4.61. The standard InChI is InChI=1S/C22H27N3O4S/c26-21(23-14-15-24-30(28,29)16-17-6-2-1-3-7-17)19-10-12-20(13-11-19)25-22(27)18-8-4-5-9-18/h1-3,6-7,10-13,18,24H,4-5,8-9,14-16H2,(H,23,26)(H,25,27). The highest BCUT2D eigenvalue weighted by Gasteiger charge is 2.22. The van der Waals surface area contributed by atoms with E-state index in [1.165, 1.54) is 0 Å². The van der Waals surface area contributed by atoms with E-state index in [9.17, 15) is 18.0 Å². The number of nitrogens with one attached hydrogen (secondary N) is 3. The molecular weight excluding hydrogens is 402 g/mol. The quantitative estimate of drug-likeness (QED) is 0.533. The third-order valence-electron chi connectivity index (χ3n) is 5.07. The molecule has 0 radical (unpaired) electrons. The maximum atomic E-state index is 12.2. The Balaban J connectivity index is 1.40. The lowest BCUT2D eigenvalue weighted by molar-refractivity contribution is -0.119. The van der Waals surface area contributed by atoms with Gasteiger partial charge in [0.2, 0.25) is 15.9 Å². The molecule has 3 rings (SSSR count). The number of amides is 2. The van der Waals surface area contributed by atoms with Gasteiger partial charge >= 0.3 is 0 Å². The van der Waals surface area contributed by atoms with Gasteiger partial charge in [-0.05, 0) is 42.7 Å². The van der Waals surface area contributed by atoms with Crippen molar-refractivity contribution in [1.29, 1.82) is 0 Å². The van der Waals surface area contributed by atoms with E-state index in [2.05, 4.69) is 15.4 Å². The van der Waals surface area contributed by atoms with Crippen LogP contribution in [0.3, 0.4) is 0 Å². The summed E-state index contributed by atoms with van der Waals surface area (Å²) in [5.41, 5.74) is 1.81. The third-order valence-corrected chi connectivity index (χ3v) is 6.43. The summed E-state index contributed by atoms with van der Waals surface area (Å²) in [7, 11) is -3.46. The highest BCUT2D eigenvalue weighted by molar-refractivity contribution is 7.88. The minimum atomic E-state index is -3.46. The molecule has 30 heavy (non-hydrogen) atoms. The number of hydrogen-bond acceptors (Lipinski definition) is 4. The van der Waals surface area contributed by atoms with Crippen LogP contribution in [0, 0.1) is 5.92 Å². The van der Waals surface area contributed by atoms with E-state index in [1.54, 1.807) is 48.5 Å². The third kappa shape index (κ3) is 6.67. The normalized spacial score (nSPS) is 14.4. The van der Waals surface area contributed by atoms with Crippen LogP contribution in [0.1, 0.15) is 41.6 Å². The molecule has 1 fully saturated rings. The summed E-state index contributed by atoms with van der Waals surface area (Å²) < 4.78 is 26.6. The first-order valence-corrected chi connectivity index (χ1v) is 11.8. The number of sulfonamides is 1. The summed E-state index contributed by atoms with van der Waals surface area (Å²) in [6.45, 7) is 0.281. The first-order valence-electron chi connectivity index (χ1n) is 10.1. The van der Waals surface area contributed by atoms with Crippen molar-refractivity contribution in [3.8, 4) is 0 Å². The lowest BCUT2D eigenvalue weighted by Gasteiger charge is -2.11. The molecular formula is C22H27N3O4S. The van der Waals surface area contributed by atoms with Crippen molar-refractivity contribution < 1.29 is 18.0 Å². The summed E-state index contributed by atoms with van der Waals surface area (Å²) in [4.78, 5) is 24.4. The zero-order valence-corrected chi connectivity index (χ0v) is 17.6.